The molecule has 2 rings (SSSR count). The van der Waals surface area contributed by atoms with Crippen LogP contribution < -0.4 is 0 Å². The summed E-state index contributed by atoms with van der Waals surface area (Å²) in [6, 6.07) is 0. The maximum absolute atomic E-state index is 11.9. The first-order chi connectivity index (χ1) is 6.87. The number of carbonyl (C=O) groups excluding carboxylic acids is 1. The van der Waals surface area contributed by atoms with E-state index in [1.54, 1.807) is 0 Å². The summed E-state index contributed by atoms with van der Waals surface area (Å²) in [6.45, 7) is 7.90. The van der Waals surface area contributed by atoms with Crippen LogP contribution in [0, 0.1) is 11.8 Å². The third-order valence-electron chi connectivity index (χ3n) is 3.23. The van der Waals surface area contributed by atoms with Crippen molar-refractivity contribution in [1.29, 1.82) is 0 Å². The molecular formula is C12H20O3. The van der Waals surface area contributed by atoms with Gasteiger partial charge in [-0.25, -0.2) is 0 Å². The molecule has 86 valence electrons. The van der Waals surface area contributed by atoms with Crippen molar-refractivity contribution in [2.24, 2.45) is 11.8 Å². The molecule has 2 bridgehead atoms. The summed E-state index contributed by atoms with van der Waals surface area (Å²) in [5.74, 6) is 0.501. The maximum Gasteiger partial charge on any atom is 0.312 e. The van der Waals surface area contributed by atoms with E-state index in [9.17, 15) is 4.79 Å². The third-order valence-corrected chi connectivity index (χ3v) is 3.23. The summed E-state index contributed by atoms with van der Waals surface area (Å²) in [7, 11) is 0. The van der Waals surface area contributed by atoms with Gasteiger partial charge >= 0.3 is 5.97 Å². The molecule has 0 aliphatic carbocycles. The van der Waals surface area contributed by atoms with Crippen LogP contribution >= 0.6 is 0 Å². The molecule has 0 N–H and O–H groups in total. The van der Waals surface area contributed by atoms with Crippen molar-refractivity contribution < 1.29 is 14.3 Å². The van der Waals surface area contributed by atoms with Crippen molar-refractivity contribution in [1.82, 2.24) is 0 Å². The lowest BCUT2D eigenvalue weighted by molar-refractivity contribution is -0.161. The number of ether oxygens (including phenoxy) is 2. The van der Waals surface area contributed by atoms with Crippen LogP contribution in [0.4, 0.5) is 0 Å². The molecule has 0 aromatic heterocycles. The van der Waals surface area contributed by atoms with E-state index in [-0.39, 0.29) is 29.7 Å². The van der Waals surface area contributed by atoms with Gasteiger partial charge in [0.1, 0.15) is 5.60 Å². The predicted octanol–water partition coefficient (Wildman–Crippen LogP) is 2.14. The van der Waals surface area contributed by atoms with Crippen LogP contribution in [0.15, 0.2) is 0 Å². The minimum atomic E-state index is -0.384. The zero-order chi connectivity index (χ0) is 11.2. The van der Waals surface area contributed by atoms with Gasteiger partial charge in [-0.15, -0.1) is 0 Å². The third kappa shape index (κ3) is 2.17. The van der Waals surface area contributed by atoms with E-state index >= 15 is 0 Å². The van der Waals surface area contributed by atoms with Crippen molar-refractivity contribution in [2.75, 3.05) is 0 Å². The van der Waals surface area contributed by atoms with Crippen molar-refractivity contribution in [3.63, 3.8) is 0 Å². The molecule has 2 saturated heterocycles. The topological polar surface area (TPSA) is 35.5 Å². The number of esters is 1. The average molecular weight is 212 g/mol. The van der Waals surface area contributed by atoms with E-state index in [1.165, 1.54) is 0 Å². The van der Waals surface area contributed by atoms with E-state index in [0.717, 1.165) is 12.8 Å². The summed E-state index contributed by atoms with van der Waals surface area (Å²) in [5.41, 5.74) is -0.384. The Kier molecular flexibility index (Phi) is 2.53. The zero-order valence-corrected chi connectivity index (χ0v) is 9.95. The Morgan fingerprint density at radius 3 is 2.33 bits per heavy atom. The first kappa shape index (κ1) is 10.9. The molecule has 0 radical (unpaired) electrons. The summed E-state index contributed by atoms with van der Waals surface area (Å²) < 4.78 is 11.1. The highest BCUT2D eigenvalue weighted by atomic mass is 16.6. The molecule has 3 heteroatoms. The average Bonchev–Trinajstić information content (AvgIpc) is 2.58. The van der Waals surface area contributed by atoms with Gasteiger partial charge < -0.3 is 9.47 Å². The number of rotatable bonds is 1. The van der Waals surface area contributed by atoms with Gasteiger partial charge in [-0.3, -0.25) is 4.79 Å². The summed E-state index contributed by atoms with van der Waals surface area (Å²) >= 11 is 0. The molecule has 2 aliphatic rings. The monoisotopic (exact) mass is 212 g/mol. The lowest BCUT2D eigenvalue weighted by atomic mass is 9.83. The van der Waals surface area contributed by atoms with E-state index in [0.29, 0.717) is 5.92 Å². The van der Waals surface area contributed by atoms with E-state index in [2.05, 4.69) is 6.92 Å². The van der Waals surface area contributed by atoms with Crippen LogP contribution in [-0.2, 0) is 14.3 Å². The second-order valence-corrected chi connectivity index (χ2v) is 5.80. The van der Waals surface area contributed by atoms with Gasteiger partial charge in [0.25, 0.3) is 0 Å². The number of carbonyl (C=O) groups is 1. The normalized spacial score (nSPS) is 39.5. The predicted molar refractivity (Wildman–Crippen MR) is 56.4 cm³/mol. The summed E-state index contributed by atoms with van der Waals surface area (Å²) in [6.07, 6.45) is 2.25. The smallest absolute Gasteiger partial charge is 0.312 e. The molecule has 0 amide bonds. The lowest BCUT2D eigenvalue weighted by Crippen LogP contribution is -2.34. The molecule has 4 unspecified atom stereocenters. The van der Waals surface area contributed by atoms with Gasteiger partial charge in [0, 0.05) is 0 Å². The molecule has 0 aromatic rings. The Hall–Kier alpha value is -0.570. The Bertz CT molecular complexity index is 265. The molecule has 4 atom stereocenters. The van der Waals surface area contributed by atoms with Gasteiger partial charge in [-0.1, -0.05) is 6.92 Å². The van der Waals surface area contributed by atoms with Crippen molar-refractivity contribution in [3.05, 3.63) is 0 Å². The zero-order valence-electron chi connectivity index (χ0n) is 9.95. The van der Waals surface area contributed by atoms with Gasteiger partial charge in [0.15, 0.2) is 0 Å². The van der Waals surface area contributed by atoms with E-state index in [4.69, 9.17) is 9.47 Å². The van der Waals surface area contributed by atoms with E-state index < -0.39 is 0 Å². The summed E-state index contributed by atoms with van der Waals surface area (Å²) in [4.78, 5) is 11.9. The minimum absolute atomic E-state index is 0.0228. The van der Waals surface area contributed by atoms with Crippen molar-refractivity contribution >= 4 is 5.97 Å². The fraction of sp³-hybridized carbons (Fsp3) is 0.917. The lowest BCUT2D eigenvalue weighted by Gasteiger charge is -2.25. The van der Waals surface area contributed by atoms with Crippen LogP contribution in [0.2, 0.25) is 0 Å². The fourth-order valence-corrected chi connectivity index (χ4v) is 2.51. The molecule has 15 heavy (non-hydrogen) atoms. The Balaban J connectivity index is 1.94. The van der Waals surface area contributed by atoms with E-state index in [1.807, 2.05) is 20.8 Å². The second kappa shape index (κ2) is 3.48. The molecule has 2 heterocycles. The second-order valence-electron chi connectivity index (χ2n) is 5.80. The first-order valence-electron chi connectivity index (χ1n) is 5.75. The van der Waals surface area contributed by atoms with Crippen LogP contribution in [0.5, 0.6) is 0 Å². The highest BCUT2D eigenvalue weighted by Crippen LogP contribution is 2.43. The standard InChI is InChI=1S/C12H20O3/c1-7-5-10-8(6-9(7)14-10)11(13)15-12(2,3)4/h7-10H,5-6H2,1-4H3. The minimum Gasteiger partial charge on any atom is -0.460 e. The molecule has 3 nitrogen and oxygen atoms in total. The van der Waals surface area contributed by atoms with Crippen LogP contribution in [0.1, 0.15) is 40.5 Å². The van der Waals surface area contributed by atoms with Crippen LogP contribution in [-0.4, -0.2) is 23.8 Å². The highest BCUT2D eigenvalue weighted by molar-refractivity contribution is 5.74. The quantitative estimate of drug-likeness (QED) is 0.625. The maximum atomic E-state index is 11.9. The van der Waals surface area contributed by atoms with Gasteiger partial charge in [-0.05, 0) is 39.5 Å². The largest absolute Gasteiger partial charge is 0.460 e. The Morgan fingerprint density at radius 2 is 1.93 bits per heavy atom. The highest BCUT2D eigenvalue weighted by Gasteiger charge is 2.49. The number of hydrogen-bond acceptors (Lipinski definition) is 3. The van der Waals surface area contributed by atoms with Crippen LogP contribution in [0.25, 0.3) is 0 Å². The van der Waals surface area contributed by atoms with Crippen molar-refractivity contribution in [2.45, 2.75) is 58.3 Å². The Morgan fingerprint density at radius 1 is 1.27 bits per heavy atom. The Labute approximate surface area is 91.1 Å². The van der Waals surface area contributed by atoms with Crippen molar-refractivity contribution in [3.8, 4) is 0 Å². The molecule has 2 fully saturated rings. The van der Waals surface area contributed by atoms with Gasteiger partial charge in [0.2, 0.25) is 0 Å². The van der Waals surface area contributed by atoms with Gasteiger partial charge in [0.05, 0.1) is 18.1 Å². The molecular weight excluding hydrogens is 192 g/mol. The number of fused-ring (bicyclic) bond motifs is 2. The molecule has 2 aliphatic heterocycles. The van der Waals surface area contributed by atoms with Crippen LogP contribution in [0.3, 0.4) is 0 Å². The molecule has 0 spiro atoms. The first-order valence-corrected chi connectivity index (χ1v) is 5.75. The molecule has 0 aromatic carbocycles. The number of hydrogen-bond donors (Lipinski definition) is 0. The SMILES string of the molecule is CC1CC2OC1CC2C(=O)OC(C)(C)C. The fourth-order valence-electron chi connectivity index (χ4n) is 2.51. The summed E-state index contributed by atoms with van der Waals surface area (Å²) in [5, 5.41) is 0. The molecule has 0 saturated carbocycles. The van der Waals surface area contributed by atoms with Gasteiger partial charge in [-0.2, -0.15) is 0 Å².